The van der Waals surface area contributed by atoms with Crippen molar-refractivity contribution in [1.29, 1.82) is 0 Å². The van der Waals surface area contributed by atoms with E-state index in [0.29, 0.717) is 35.5 Å². The maximum atomic E-state index is 14.0. The van der Waals surface area contributed by atoms with E-state index in [0.717, 1.165) is 6.07 Å². The van der Waals surface area contributed by atoms with E-state index in [1.165, 1.54) is 18.2 Å². The molecular formula is C45H61N2O20S4+. The summed E-state index contributed by atoms with van der Waals surface area (Å²) in [6.45, 7) is 9.59. The zero-order valence-corrected chi connectivity index (χ0v) is 43.5. The topological polar surface area (TPSA) is 329 Å². The van der Waals surface area contributed by atoms with Crippen molar-refractivity contribution >= 4 is 81.4 Å². The van der Waals surface area contributed by atoms with E-state index < -0.39 is 111 Å². The second kappa shape index (κ2) is 23.6. The van der Waals surface area contributed by atoms with Crippen LogP contribution in [0.15, 0.2) is 48.2 Å². The fourth-order valence-electron chi connectivity index (χ4n) is 8.38. The first-order valence-electron chi connectivity index (χ1n) is 22.5. The van der Waals surface area contributed by atoms with Gasteiger partial charge in [-0.3, -0.25) is 18.2 Å². The lowest BCUT2D eigenvalue weighted by atomic mass is 9.78. The molecule has 0 aliphatic carbocycles. The Labute approximate surface area is 414 Å². The Bertz CT molecular complexity index is 2940. The number of esters is 4. The molecule has 22 nitrogen and oxygen atoms in total. The van der Waals surface area contributed by atoms with E-state index in [2.05, 4.69) is 0 Å². The largest absolute Gasteiger partial charge is 0.462 e. The minimum absolute atomic E-state index is 0.0173. The van der Waals surface area contributed by atoms with Gasteiger partial charge < -0.3 is 23.8 Å². The van der Waals surface area contributed by atoms with Crippen LogP contribution in [0.25, 0.3) is 0 Å². The van der Waals surface area contributed by atoms with Crippen LogP contribution in [-0.4, -0.2) is 149 Å². The van der Waals surface area contributed by atoms with Gasteiger partial charge in [-0.2, -0.15) is 38.2 Å². The summed E-state index contributed by atoms with van der Waals surface area (Å²) in [7, 11) is -17.8. The number of carbonyl (C=O) groups is 4. The Morgan fingerprint density at radius 3 is 1.52 bits per heavy atom. The molecule has 2 aliphatic rings. The molecule has 2 aromatic rings. The number of fused-ring (bicyclic) bond motifs is 2. The SMILES string of the molecule is CCCOC(=O)c1cc(C(=O)OCCC)c2c(c1)[N+](CCCS(=O)(=O)O)=C(C=CC=C1N(CCCS(=O)(=O)O)c3cc(C(=O)OCCCS(=O)(=O)O)cc(C(=O)OCCCS(=O)(=O)O)c3C1(C)C)C2(C)C. The predicted octanol–water partition coefficient (Wildman–Crippen LogP) is 4.86. The second-order valence-corrected chi connectivity index (χ2v) is 24.1. The first kappa shape index (κ1) is 58.5. The average Bonchev–Trinajstić information content (AvgIpc) is 3.60. The Balaban J connectivity index is 1.97. The Hall–Kier alpha value is -5.09. The second-order valence-electron chi connectivity index (χ2n) is 17.8. The van der Waals surface area contributed by atoms with Gasteiger partial charge in [0.1, 0.15) is 6.54 Å². The average molecular weight is 1080 g/mol. The zero-order chi connectivity index (χ0) is 53.3. The van der Waals surface area contributed by atoms with Crippen LogP contribution in [0.4, 0.5) is 11.4 Å². The number of hydrogen-bond acceptors (Lipinski definition) is 17. The maximum absolute atomic E-state index is 14.0. The molecule has 0 saturated heterocycles. The highest BCUT2D eigenvalue weighted by molar-refractivity contribution is 7.86. The van der Waals surface area contributed by atoms with Gasteiger partial charge in [-0.25, -0.2) is 19.2 Å². The number of benzene rings is 2. The fraction of sp³-hybridized carbons (Fsp3) is 0.533. The molecule has 26 heteroatoms. The molecule has 0 aromatic heterocycles. The van der Waals surface area contributed by atoms with Gasteiger partial charge in [0.05, 0.1) is 82.7 Å². The molecule has 4 rings (SSSR count). The number of allylic oxidation sites excluding steroid dienone is 4. The zero-order valence-electron chi connectivity index (χ0n) is 40.2. The molecule has 0 fully saturated rings. The number of hydrogen-bond donors (Lipinski definition) is 4. The molecule has 0 radical (unpaired) electrons. The number of ether oxygens (including phenoxy) is 4. The molecule has 0 amide bonds. The van der Waals surface area contributed by atoms with Gasteiger partial charge in [-0.05, 0) is 70.2 Å². The van der Waals surface area contributed by atoms with Crippen molar-refractivity contribution in [3.05, 3.63) is 81.6 Å². The van der Waals surface area contributed by atoms with Crippen LogP contribution in [0.5, 0.6) is 0 Å². The van der Waals surface area contributed by atoms with E-state index >= 15 is 0 Å². The molecule has 0 saturated carbocycles. The van der Waals surface area contributed by atoms with E-state index in [1.54, 1.807) is 69.2 Å². The minimum atomic E-state index is -4.50. The van der Waals surface area contributed by atoms with Crippen LogP contribution in [0.3, 0.4) is 0 Å². The summed E-state index contributed by atoms with van der Waals surface area (Å²) in [5.41, 5.74) is -0.635. The van der Waals surface area contributed by atoms with Crippen LogP contribution >= 0.6 is 0 Å². The summed E-state index contributed by atoms with van der Waals surface area (Å²) in [5.74, 6) is -6.34. The number of rotatable bonds is 26. The van der Waals surface area contributed by atoms with Gasteiger partial charge in [-0.1, -0.05) is 33.8 Å². The van der Waals surface area contributed by atoms with Crippen molar-refractivity contribution in [1.82, 2.24) is 0 Å². The summed E-state index contributed by atoms with van der Waals surface area (Å²) in [5, 5.41) is 0. The van der Waals surface area contributed by atoms with Crippen molar-refractivity contribution < 1.29 is 94.6 Å². The number of anilines is 1. The lowest BCUT2D eigenvalue weighted by molar-refractivity contribution is -0.437. The van der Waals surface area contributed by atoms with Crippen molar-refractivity contribution in [2.75, 3.05) is 67.4 Å². The highest BCUT2D eigenvalue weighted by Gasteiger charge is 2.49. The third-order valence-electron chi connectivity index (χ3n) is 11.4. The lowest BCUT2D eigenvalue weighted by Gasteiger charge is -2.27. The van der Waals surface area contributed by atoms with Crippen LogP contribution in [0.2, 0.25) is 0 Å². The smallest absolute Gasteiger partial charge is 0.338 e. The monoisotopic (exact) mass is 1080 g/mol. The van der Waals surface area contributed by atoms with Gasteiger partial charge in [0.2, 0.25) is 5.69 Å². The molecule has 2 aliphatic heterocycles. The molecule has 71 heavy (non-hydrogen) atoms. The van der Waals surface area contributed by atoms with Gasteiger partial charge >= 0.3 is 23.9 Å². The van der Waals surface area contributed by atoms with Crippen LogP contribution in [0, 0.1) is 0 Å². The van der Waals surface area contributed by atoms with E-state index in [9.17, 15) is 66.5 Å². The van der Waals surface area contributed by atoms with Crippen molar-refractivity contribution in [3.8, 4) is 0 Å². The molecular weight excluding hydrogens is 1020 g/mol. The van der Waals surface area contributed by atoms with E-state index in [-0.39, 0.29) is 85.5 Å². The van der Waals surface area contributed by atoms with Gasteiger partial charge in [0.15, 0.2) is 5.71 Å². The molecule has 2 aromatic carbocycles. The van der Waals surface area contributed by atoms with Crippen molar-refractivity contribution in [3.63, 3.8) is 0 Å². The molecule has 0 unspecified atom stereocenters. The van der Waals surface area contributed by atoms with Crippen molar-refractivity contribution in [2.24, 2.45) is 0 Å². The first-order chi connectivity index (χ1) is 32.8. The summed E-state index contributed by atoms with van der Waals surface area (Å²) < 4.78 is 154. The van der Waals surface area contributed by atoms with Gasteiger partial charge in [-0.15, -0.1) is 0 Å². The standard InChI is InChI=1S/C45H60N2O20S4/c1-7-18-64-40(48)30-26-32(42(50)65-19-8-2)38-34(28-30)46(16-10-22-68(52,53)54)36(44(38,3)4)14-9-15-37-45(5,6)39-33(43(51)67-21-13-25-71(61,62)63)27-31(41(49)66-20-12-24-70(58,59)60)29-35(39)47(37)17-11-23-69(55,56)57/h9,14-15,26-29H,7-8,10-13,16-25H2,1-6H3,(H3-,52,53,54,55,56,57,58,59,60,61,62,63)/p+1. The summed E-state index contributed by atoms with van der Waals surface area (Å²) >= 11 is 0. The fourth-order valence-corrected chi connectivity index (χ4v) is 10.3. The molecule has 0 atom stereocenters. The molecule has 0 spiro atoms. The third-order valence-corrected chi connectivity index (χ3v) is 14.6. The van der Waals surface area contributed by atoms with Gasteiger partial charge in [0, 0.05) is 47.5 Å². The Morgan fingerprint density at radius 2 is 1.01 bits per heavy atom. The summed E-state index contributed by atoms with van der Waals surface area (Å²) in [6.07, 6.45) is 4.97. The van der Waals surface area contributed by atoms with Gasteiger partial charge in [0.25, 0.3) is 40.5 Å². The predicted molar refractivity (Wildman–Crippen MR) is 259 cm³/mol. The Morgan fingerprint density at radius 1 is 0.577 bits per heavy atom. The summed E-state index contributed by atoms with van der Waals surface area (Å²) in [6, 6.07) is 5.40. The molecule has 0 bridgehead atoms. The Kier molecular flexibility index (Phi) is 19.5. The van der Waals surface area contributed by atoms with Crippen molar-refractivity contribution in [2.45, 2.75) is 90.9 Å². The highest BCUT2D eigenvalue weighted by Crippen LogP contribution is 2.50. The molecule has 394 valence electrons. The van der Waals surface area contributed by atoms with E-state index in [4.69, 9.17) is 23.5 Å². The molecule has 4 N–H and O–H groups in total. The summed E-state index contributed by atoms with van der Waals surface area (Å²) in [4.78, 5) is 56.2. The minimum Gasteiger partial charge on any atom is -0.462 e. The van der Waals surface area contributed by atoms with Crippen LogP contribution < -0.4 is 4.90 Å². The lowest BCUT2D eigenvalue weighted by Crippen LogP contribution is -2.30. The number of nitrogens with zero attached hydrogens (tertiary/aromatic N) is 2. The number of carbonyl (C=O) groups excluding carboxylic acids is 4. The van der Waals surface area contributed by atoms with Crippen LogP contribution in [0.1, 0.15) is 133 Å². The molecule has 2 heterocycles. The third kappa shape index (κ3) is 15.9. The normalized spacial score (nSPS) is 16.0. The quantitative estimate of drug-likeness (QED) is 0.0321. The first-order valence-corrected chi connectivity index (χ1v) is 28.9. The van der Waals surface area contributed by atoms with E-state index in [1.807, 2.05) is 0 Å². The highest BCUT2D eigenvalue weighted by atomic mass is 32.2. The maximum Gasteiger partial charge on any atom is 0.338 e. The van der Waals surface area contributed by atoms with Crippen LogP contribution in [-0.2, 0) is 70.2 Å².